The van der Waals surface area contributed by atoms with Gasteiger partial charge in [0.25, 0.3) is 0 Å². The van der Waals surface area contributed by atoms with Gasteiger partial charge in [0.15, 0.2) is 0 Å². The van der Waals surface area contributed by atoms with E-state index in [1.165, 1.54) is 6.92 Å². The van der Waals surface area contributed by atoms with E-state index < -0.39 is 30.1 Å². The normalized spacial score (nSPS) is 14.2. The minimum Gasteiger partial charge on any atom is -0.480 e. The van der Waals surface area contributed by atoms with Crippen molar-refractivity contribution < 1.29 is 24.2 Å². The molecule has 0 heterocycles. The summed E-state index contributed by atoms with van der Waals surface area (Å²) in [4.78, 5) is 35.7. The molecule has 0 radical (unpaired) electrons. The molecule has 0 saturated heterocycles. The number of alkyl carbamates (subject to hydrolysis) is 1. The van der Waals surface area contributed by atoms with Crippen molar-refractivity contribution in [1.29, 1.82) is 0 Å². The number of fused-ring (bicyclic) bond motifs is 3. The van der Waals surface area contributed by atoms with E-state index in [9.17, 15) is 14.4 Å². The number of rotatable bonds is 8. The summed E-state index contributed by atoms with van der Waals surface area (Å²) in [5.41, 5.74) is 4.46. The maximum Gasteiger partial charge on any atom is 0.407 e. The van der Waals surface area contributed by atoms with Crippen molar-refractivity contribution in [3.63, 3.8) is 0 Å². The lowest BCUT2D eigenvalue weighted by atomic mass is 9.98. The van der Waals surface area contributed by atoms with Crippen LogP contribution in [0.1, 0.15) is 43.7 Å². The molecule has 2 atom stereocenters. The topological polar surface area (TPSA) is 105 Å². The number of carboxylic acid groups (broad SMARTS) is 1. The van der Waals surface area contributed by atoms with Gasteiger partial charge in [0.05, 0.1) is 0 Å². The number of carbonyl (C=O) groups is 3. The van der Waals surface area contributed by atoms with Gasteiger partial charge in [0.1, 0.15) is 18.7 Å². The summed E-state index contributed by atoms with van der Waals surface area (Å²) in [7, 11) is 0. The van der Waals surface area contributed by atoms with Crippen LogP contribution in [-0.2, 0) is 14.3 Å². The largest absolute Gasteiger partial charge is 0.480 e. The highest BCUT2D eigenvalue weighted by molar-refractivity contribution is 5.89. The molecular formula is C23H26N2O5. The Labute approximate surface area is 175 Å². The van der Waals surface area contributed by atoms with E-state index in [-0.39, 0.29) is 12.5 Å². The zero-order chi connectivity index (χ0) is 21.7. The van der Waals surface area contributed by atoms with Crippen LogP contribution < -0.4 is 10.6 Å². The Morgan fingerprint density at radius 1 is 1.00 bits per heavy atom. The van der Waals surface area contributed by atoms with Gasteiger partial charge in [-0.3, -0.25) is 4.79 Å². The zero-order valence-electron chi connectivity index (χ0n) is 17.1. The smallest absolute Gasteiger partial charge is 0.407 e. The van der Waals surface area contributed by atoms with Gasteiger partial charge in [-0.15, -0.1) is 0 Å². The second-order valence-electron chi connectivity index (χ2n) is 7.38. The lowest BCUT2D eigenvalue weighted by Gasteiger charge is -2.19. The molecule has 7 heteroatoms. The molecule has 1 aliphatic rings. The van der Waals surface area contributed by atoms with Gasteiger partial charge in [-0.05, 0) is 35.6 Å². The summed E-state index contributed by atoms with van der Waals surface area (Å²) in [5, 5.41) is 14.1. The lowest BCUT2D eigenvalue weighted by Crippen LogP contribution is -2.50. The average molecular weight is 410 g/mol. The van der Waals surface area contributed by atoms with Crippen molar-refractivity contribution in [1.82, 2.24) is 10.6 Å². The van der Waals surface area contributed by atoms with E-state index in [4.69, 9.17) is 9.84 Å². The number of ether oxygens (including phenoxy) is 1. The highest BCUT2D eigenvalue weighted by atomic mass is 16.5. The van der Waals surface area contributed by atoms with Crippen molar-refractivity contribution in [2.24, 2.45) is 0 Å². The molecule has 7 nitrogen and oxygen atoms in total. The van der Waals surface area contributed by atoms with Crippen LogP contribution in [0, 0.1) is 0 Å². The number of amides is 2. The minimum absolute atomic E-state index is 0.0757. The first-order chi connectivity index (χ1) is 14.4. The Morgan fingerprint density at radius 2 is 1.57 bits per heavy atom. The molecule has 0 fully saturated rings. The maximum atomic E-state index is 12.3. The van der Waals surface area contributed by atoms with Gasteiger partial charge in [0.2, 0.25) is 5.91 Å². The van der Waals surface area contributed by atoms with Gasteiger partial charge < -0.3 is 20.5 Å². The molecule has 2 aromatic carbocycles. The Kier molecular flexibility index (Phi) is 6.72. The third-order valence-electron chi connectivity index (χ3n) is 5.26. The van der Waals surface area contributed by atoms with Crippen LogP contribution in [0.3, 0.4) is 0 Å². The van der Waals surface area contributed by atoms with E-state index >= 15 is 0 Å². The average Bonchev–Trinajstić information content (AvgIpc) is 3.05. The minimum atomic E-state index is -1.10. The van der Waals surface area contributed by atoms with Crippen molar-refractivity contribution in [2.45, 2.75) is 44.7 Å². The maximum absolute atomic E-state index is 12.3. The van der Waals surface area contributed by atoms with Crippen LogP contribution >= 0.6 is 0 Å². The Hall–Kier alpha value is -3.35. The first kappa shape index (κ1) is 21.4. The third-order valence-corrected chi connectivity index (χ3v) is 5.26. The molecule has 0 bridgehead atoms. The van der Waals surface area contributed by atoms with E-state index in [0.717, 1.165) is 22.3 Å². The molecule has 3 N–H and O–H groups in total. The second-order valence-corrected chi connectivity index (χ2v) is 7.38. The summed E-state index contributed by atoms with van der Waals surface area (Å²) >= 11 is 0. The molecule has 0 aliphatic heterocycles. The standard InChI is InChI=1S/C23H26N2O5/c1-3-8-20(22(27)28)25-21(26)14(2)24-23(29)30-13-19-17-11-6-4-9-15(17)16-10-5-7-12-18(16)19/h4-7,9-12,14,19-20H,3,8,13H2,1-2H3,(H,24,29)(H,25,26)(H,27,28)/t14-,20-/m0/s1. The van der Waals surface area contributed by atoms with Crippen LogP contribution in [0.25, 0.3) is 11.1 Å². The van der Waals surface area contributed by atoms with Crippen molar-refractivity contribution in [2.75, 3.05) is 6.61 Å². The quantitative estimate of drug-likeness (QED) is 0.619. The molecular weight excluding hydrogens is 384 g/mol. The molecule has 1 aliphatic carbocycles. The van der Waals surface area contributed by atoms with Crippen LogP contribution in [0.5, 0.6) is 0 Å². The van der Waals surface area contributed by atoms with Gasteiger partial charge >= 0.3 is 12.1 Å². The Bertz CT molecular complexity index is 897. The van der Waals surface area contributed by atoms with Gasteiger partial charge in [0, 0.05) is 5.92 Å². The highest BCUT2D eigenvalue weighted by Crippen LogP contribution is 2.44. The number of carboxylic acids is 1. The van der Waals surface area contributed by atoms with E-state index in [0.29, 0.717) is 12.8 Å². The fourth-order valence-electron chi connectivity index (χ4n) is 3.73. The highest BCUT2D eigenvalue weighted by Gasteiger charge is 2.29. The van der Waals surface area contributed by atoms with E-state index in [2.05, 4.69) is 22.8 Å². The SMILES string of the molecule is CCC[C@H](NC(=O)[C@H](C)NC(=O)OCC1c2ccccc2-c2ccccc21)C(=O)O. The van der Waals surface area contributed by atoms with Crippen LogP contribution in [0.2, 0.25) is 0 Å². The number of nitrogens with one attached hydrogen (secondary N) is 2. The summed E-state index contributed by atoms with van der Waals surface area (Å²) in [5.74, 6) is -1.74. The van der Waals surface area contributed by atoms with Gasteiger partial charge in [-0.25, -0.2) is 9.59 Å². The monoisotopic (exact) mass is 410 g/mol. The number of hydrogen-bond acceptors (Lipinski definition) is 4. The van der Waals surface area contributed by atoms with E-state index in [1.54, 1.807) is 0 Å². The molecule has 0 saturated carbocycles. The first-order valence-electron chi connectivity index (χ1n) is 10.1. The van der Waals surface area contributed by atoms with Crippen LogP contribution in [-0.4, -0.2) is 41.8 Å². The molecule has 30 heavy (non-hydrogen) atoms. The predicted octanol–water partition coefficient (Wildman–Crippen LogP) is 3.28. The molecule has 0 aromatic heterocycles. The van der Waals surface area contributed by atoms with Crippen molar-refractivity contribution >= 4 is 18.0 Å². The van der Waals surface area contributed by atoms with Gasteiger partial charge in [-0.2, -0.15) is 0 Å². The lowest BCUT2D eigenvalue weighted by molar-refractivity contribution is -0.142. The first-order valence-corrected chi connectivity index (χ1v) is 10.1. The molecule has 0 unspecified atom stereocenters. The van der Waals surface area contributed by atoms with Crippen molar-refractivity contribution in [3.8, 4) is 11.1 Å². The van der Waals surface area contributed by atoms with Crippen molar-refractivity contribution in [3.05, 3.63) is 59.7 Å². The summed E-state index contributed by atoms with van der Waals surface area (Å²) in [6.45, 7) is 3.46. The summed E-state index contributed by atoms with van der Waals surface area (Å²) in [6.07, 6.45) is 0.214. The summed E-state index contributed by atoms with van der Waals surface area (Å²) < 4.78 is 5.41. The predicted molar refractivity (Wildman–Crippen MR) is 112 cm³/mol. The van der Waals surface area contributed by atoms with Crippen LogP contribution in [0.15, 0.2) is 48.5 Å². The second kappa shape index (κ2) is 9.43. The third kappa shape index (κ3) is 4.62. The Morgan fingerprint density at radius 3 is 2.10 bits per heavy atom. The van der Waals surface area contributed by atoms with Gasteiger partial charge in [-0.1, -0.05) is 61.9 Å². The number of carbonyl (C=O) groups excluding carboxylic acids is 2. The van der Waals surface area contributed by atoms with Crippen LogP contribution in [0.4, 0.5) is 4.79 Å². The fraction of sp³-hybridized carbons (Fsp3) is 0.348. The molecule has 3 rings (SSSR count). The molecule has 2 aromatic rings. The zero-order valence-corrected chi connectivity index (χ0v) is 17.1. The molecule has 158 valence electrons. The fourth-order valence-corrected chi connectivity index (χ4v) is 3.73. The van der Waals surface area contributed by atoms with E-state index in [1.807, 2.05) is 43.3 Å². The number of hydrogen-bond donors (Lipinski definition) is 3. The Balaban J connectivity index is 1.58. The molecule has 0 spiro atoms. The molecule has 2 amide bonds. The summed E-state index contributed by atoms with van der Waals surface area (Å²) in [6, 6.07) is 14.1. The number of aliphatic carboxylic acids is 1. The number of benzene rings is 2.